The summed E-state index contributed by atoms with van der Waals surface area (Å²) in [5.41, 5.74) is 5.17. The van der Waals surface area contributed by atoms with Crippen LogP contribution in [0.3, 0.4) is 0 Å². The van der Waals surface area contributed by atoms with Crippen molar-refractivity contribution in [1.29, 1.82) is 0 Å². The van der Waals surface area contributed by atoms with Crippen LogP contribution in [0, 0.1) is 0 Å². The Morgan fingerprint density at radius 3 is 2.22 bits per heavy atom. The molecule has 0 aliphatic carbocycles. The zero-order chi connectivity index (χ0) is 15.2. The predicted octanol–water partition coefficient (Wildman–Crippen LogP) is 4.51. The van der Waals surface area contributed by atoms with E-state index in [2.05, 4.69) is 72.5 Å². The quantitative estimate of drug-likeness (QED) is 0.818. The average molecular weight is 330 g/mol. The molecular weight excluding hydrogens is 306 g/mol. The van der Waals surface area contributed by atoms with E-state index in [1.165, 1.54) is 22.3 Å². The van der Waals surface area contributed by atoms with Crippen LogP contribution in [-0.2, 0) is 4.74 Å². The van der Waals surface area contributed by atoms with Crippen molar-refractivity contribution in [1.82, 2.24) is 4.90 Å². The lowest BCUT2D eigenvalue weighted by Gasteiger charge is -2.25. The van der Waals surface area contributed by atoms with Crippen LogP contribution in [0.1, 0.15) is 12.5 Å². The molecule has 1 heterocycles. The van der Waals surface area contributed by atoms with Crippen LogP contribution in [0.2, 0.25) is 0 Å². The van der Waals surface area contributed by atoms with Crippen LogP contribution in [0.4, 0.5) is 0 Å². The molecule has 0 aromatic heterocycles. The smallest absolute Gasteiger partial charge is 0.0594 e. The zero-order valence-electron chi connectivity index (χ0n) is 13.6. The van der Waals surface area contributed by atoms with Gasteiger partial charge in [-0.1, -0.05) is 60.7 Å². The second-order valence-electron chi connectivity index (χ2n) is 5.74. The monoisotopic (exact) mass is 329 g/mol. The van der Waals surface area contributed by atoms with Crippen LogP contribution in [0.5, 0.6) is 0 Å². The molecule has 0 spiro atoms. The van der Waals surface area contributed by atoms with Crippen molar-refractivity contribution in [2.45, 2.75) is 6.92 Å². The van der Waals surface area contributed by atoms with Gasteiger partial charge in [0.05, 0.1) is 13.2 Å². The molecule has 1 fully saturated rings. The molecule has 3 heteroatoms. The Kier molecular flexibility index (Phi) is 6.85. The van der Waals surface area contributed by atoms with E-state index in [-0.39, 0.29) is 12.4 Å². The summed E-state index contributed by atoms with van der Waals surface area (Å²) in [6.45, 7) is 7.00. The summed E-state index contributed by atoms with van der Waals surface area (Å²) in [5.74, 6) is 0. The molecule has 3 rings (SSSR count). The van der Waals surface area contributed by atoms with Crippen molar-refractivity contribution < 1.29 is 4.74 Å². The van der Waals surface area contributed by atoms with Crippen molar-refractivity contribution in [3.05, 3.63) is 66.2 Å². The molecule has 1 aliphatic heterocycles. The first-order valence-electron chi connectivity index (χ1n) is 7.96. The molecule has 23 heavy (non-hydrogen) atoms. The molecule has 1 aliphatic rings. The minimum absolute atomic E-state index is 0. The Bertz CT molecular complexity index is 616. The minimum Gasteiger partial charge on any atom is -0.379 e. The largest absolute Gasteiger partial charge is 0.379 e. The Morgan fingerprint density at radius 2 is 1.57 bits per heavy atom. The number of allylic oxidation sites excluding steroid dienone is 1. The van der Waals surface area contributed by atoms with Crippen molar-refractivity contribution >= 4 is 18.0 Å². The van der Waals surface area contributed by atoms with E-state index >= 15 is 0 Å². The van der Waals surface area contributed by atoms with Gasteiger partial charge in [-0.3, -0.25) is 4.90 Å². The van der Waals surface area contributed by atoms with Gasteiger partial charge in [-0.2, -0.15) is 0 Å². The average Bonchev–Trinajstić information content (AvgIpc) is 2.61. The number of nitrogens with zero attached hydrogens (tertiary/aromatic N) is 1. The van der Waals surface area contributed by atoms with Gasteiger partial charge in [0.2, 0.25) is 0 Å². The highest BCUT2D eigenvalue weighted by molar-refractivity contribution is 5.85. The van der Waals surface area contributed by atoms with Crippen molar-refractivity contribution in [3.63, 3.8) is 0 Å². The van der Waals surface area contributed by atoms with E-state index in [4.69, 9.17) is 4.74 Å². The van der Waals surface area contributed by atoms with Crippen LogP contribution in [0.25, 0.3) is 16.7 Å². The van der Waals surface area contributed by atoms with Gasteiger partial charge in [-0.15, -0.1) is 12.4 Å². The molecular formula is C20H24ClNO. The maximum Gasteiger partial charge on any atom is 0.0594 e. The van der Waals surface area contributed by atoms with E-state index in [0.717, 1.165) is 32.8 Å². The van der Waals surface area contributed by atoms with E-state index < -0.39 is 0 Å². The third-order valence-corrected chi connectivity index (χ3v) is 4.21. The Morgan fingerprint density at radius 1 is 0.957 bits per heavy atom. The highest BCUT2D eigenvalue weighted by Crippen LogP contribution is 2.22. The van der Waals surface area contributed by atoms with Gasteiger partial charge >= 0.3 is 0 Å². The number of morpholine rings is 1. The Labute approximate surface area is 145 Å². The SMILES string of the molecule is C/C(=C\CN1CCOCC1)c1ccc(-c2ccccc2)cc1.Cl. The third kappa shape index (κ3) is 4.93. The molecule has 0 unspecified atom stereocenters. The molecule has 0 amide bonds. The molecule has 1 saturated heterocycles. The fourth-order valence-corrected chi connectivity index (χ4v) is 2.72. The van der Waals surface area contributed by atoms with Gasteiger partial charge in [-0.05, 0) is 29.2 Å². The van der Waals surface area contributed by atoms with Crippen molar-refractivity contribution in [3.8, 4) is 11.1 Å². The van der Waals surface area contributed by atoms with Gasteiger partial charge in [0.1, 0.15) is 0 Å². The summed E-state index contributed by atoms with van der Waals surface area (Å²) < 4.78 is 5.38. The second-order valence-corrected chi connectivity index (χ2v) is 5.74. The van der Waals surface area contributed by atoms with Crippen LogP contribution < -0.4 is 0 Å². The molecule has 0 saturated carbocycles. The summed E-state index contributed by atoms with van der Waals surface area (Å²) in [6, 6.07) is 19.4. The third-order valence-electron chi connectivity index (χ3n) is 4.21. The molecule has 0 atom stereocenters. The zero-order valence-corrected chi connectivity index (χ0v) is 14.4. The maximum atomic E-state index is 5.38. The number of hydrogen-bond donors (Lipinski definition) is 0. The predicted molar refractivity (Wildman–Crippen MR) is 100 cm³/mol. The fourth-order valence-electron chi connectivity index (χ4n) is 2.72. The summed E-state index contributed by atoms with van der Waals surface area (Å²) in [5, 5.41) is 0. The van der Waals surface area contributed by atoms with Gasteiger partial charge in [0.15, 0.2) is 0 Å². The van der Waals surface area contributed by atoms with E-state index in [0.29, 0.717) is 0 Å². The van der Waals surface area contributed by atoms with Gasteiger partial charge in [0.25, 0.3) is 0 Å². The first kappa shape index (κ1) is 17.7. The lowest BCUT2D eigenvalue weighted by molar-refractivity contribution is 0.0435. The summed E-state index contributed by atoms with van der Waals surface area (Å²) in [6.07, 6.45) is 2.32. The van der Waals surface area contributed by atoms with Crippen LogP contribution in [-0.4, -0.2) is 37.7 Å². The number of ether oxygens (including phenoxy) is 1. The summed E-state index contributed by atoms with van der Waals surface area (Å²) in [4.78, 5) is 2.44. The molecule has 122 valence electrons. The molecule has 0 N–H and O–H groups in total. The fraction of sp³-hybridized carbons (Fsp3) is 0.300. The molecule has 0 bridgehead atoms. The molecule has 2 nitrogen and oxygen atoms in total. The standard InChI is InChI=1S/C20H23NO.ClH/c1-17(11-12-21-13-15-22-16-14-21)18-7-9-20(10-8-18)19-5-3-2-4-6-19;/h2-11H,12-16H2,1H3;1H/b17-11+;. The van der Waals surface area contributed by atoms with Gasteiger partial charge < -0.3 is 4.74 Å². The lowest BCUT2D eigenvalue weighted by Crippen LogP contribution is -2.36. The number of hydrogen-bond acceptors (Lipinski definition) is 2. The highest BCUT2D eigenvalue weighted by Gasteiger charge is 2.08. The molecule has 2 aromatic rings. The number of benzene rings is 2. The lowest BCUT2D eigenvalue weighted by atomic mass is 10.0. The summed E-state index contributed by atoms with van der Waals surface area (Å²) >= 11 is 0. The van der Waals surface area contributed by atoms with Crippen molar-refractivity contribution in [2.75, 3.05) is 32.8 Å². The second kappa shape index (κ2) is 8.88. The molecule has 2 aromatic carbocycles. The normalized spacial score (nSPS) is 16.0. The van der Waals surface area contributed by atoms with Gasteiger partial charge in [0, 0.05) is 19.6 Å². The maximum absolute atomic E-state index is 5.38. The highest BCUT2D eigenvalue weighted by atomic mass is 35.5. The molecule has 0 radical (unpaired) electrons. The van der Waals surface area contributed by atoms with E-state index in [1.807, 2.05) is 0 Å². The van der Waals surface area contributed by atoms with E-state index in [1.54, 1.807) is 0 Å². The van der Waals surface area contributed by atoms with Crippen molar-refractivity contribution in [2.24, 2.45) is 0 Å². The minimum atomic E-state index is 0. The first-order chi connectivity index (χ1) is 10.8. The summed E-state index contributed by atoms with van der Waals surface area (Å²) in [7, 11) is 0. The topological polar surface area (TPSA) is 12.5 Å². The number of rotatable bonds is 4. The Hall–Kier alpha value is -1.61. The Balaban J connectivity index is 0.00000192. The van der Waals surface area contributed by atoms with Crippen LogP contribution in [0.15, 0.2) is 60.7 Å². The van der Waals surface area contributed by atoms with E-state index in [9.17, 15) is 0 Å². The number of halogens is 1. The van der Waals surface area contributed by atoms with Crippen LogP contribution >= 0.6 is 12.4 Å². The van der Waals surface area contributed by atoms with Gasteiger partial charge in [-0.25, -0.2) is 0 Å². The first-order valence-corrected chi connectivity index (χ1v) is 7.96.